The Morgan fingerprint density at radius 3 is 1.25 bits per heavy atom. The summed E-state index contributed by atoms with van der Waals surface area (Å²) in [6.07, 6.45) is 0. The lowest BCUT2D eigenvalue weighted by Gasteiger charge is -1.68. The lowest BCUT2D eigenvalue weighted by molar-refractivity contribution is 0.00819. The fourth-order valence-electron chi connectivity index (χ4n) is 0. The second-order valence-electron chi connectivity index (χ2n) is 0.650. The van der Waals surface area contributed by atoms with Gasteiger partial charge in [0, 0.05) is 0 Å². The van der Waals surface area contributed by atoms with Crippen molar-refractivity contribution in [2.24, 2.45) is 11.5 Å². The topological polar surface area (TPSA) is 52.0 Å². The molecule has 0 unspecified atom stereocenters. The van der Waals surface area contributed by atoms with Crippen LogP contribution in [0.3, 0.4) is 0 Å². The van der Waals surface area contributed by atoms with E-state index in [-0.39, 0.29) is 5.11 Å². The molecule has 50 valence electrons. The lowest BCUT2D eigenvalue weighted by atomic mass is 11.3. The Balaban J connectivity index is 0. The molecular weight excluding hydrogens is 141 g/mol. The first-order chi connectivity index (χ1) is 3.46. The molecule has 0 bridgehead atoms. The van der Waals surface area contributed by atoms with Gasteiger partial charge in [-0.25, -0.2) is 0 Å². The van der Waals surface area contributed by atoms with E-state index in [4.69, 9.17) is 0 Å². The van der Waals surface area contributed by atoms with Gasteiger partial charge < -0.3 is 11.5 Å². The summed E-state index contributed by atoms with van der Waals surface area (Å²) < 4.78 is 29.0. The van der Waals surface area contributed by atoms with Gasteiger partial charge in [0.2, 0.25) is 0 Å². The molecule has 4 N–H and O–H groups in total. The molecule has 0 heterocycles. The first-order valence-electron chi connectivity index (χ1n) is 1.44. The van der Waals surface area contributed by atoms with Crippen molar-refractivity contribution < 1.29 is 13.2 Å². The Morgan fingerprint density at radius 2 is 1.25 bits per heavy atom. The van der Waals surface area contributed by atoms with Crippen molar-refractivity contribution in [3.8, 4) is 0 Å². The van der Waals surface area contributed by atoms with E-state index in [9.17, 15) is 13.2 Å². The predicted octanol–water partition coefficient (Wildman–Crippen LogP) is 0.367. The van der Waals surface area contributed by atoms with Gasteiger partial charge in [-0.15, -0.1) is 0 Å². The van der Waals surface area contributed by atoms with Gasteiger partial charge in [0.25, 0.3) is 0 Å². The number of alkyl halides is 3. The van der Waals surface area contributed by atoms with Crippen molar-refractivity contribution in [2.75, 3.05) is 0 Å². The Morgan fingerprint density at radius 1 is 1.25 bits per heavy atom. The molecule has 2 nitrogen and oxygen atoms in total. The van der Waals surface area contributed by atoms with Crippen LogP contribution >= 0.6 is 12.2 Å². The van der Waals surface area contributed by atoms with E-state index in [1.807, 2.05) is 0 Å². The summed E-state index contributed by atoms with van der Waals surface area (Å²) in [7, 11) is 0. The summed E-state index contributed by atoms with van der Waals surface area (Å²) in [5.41, 5.74) is 9.24. The molecule has 0 aliphatic carbocycles. The molecule has 0 rings (SSSR count). The van der Waals surface area contributed by atoms with Crippen molar-refractivity contribution >= 4 is 17.3 Å². The van der Waals surface area contributed by atoms with Crippen LogP contribution in [0.2, 0.25) is 0 Å². The molecule has 8 heavy (non-hydrogen) atoms. The molecule has 0 aromatic heterocycles. The Labute approximate surface area is 49.6 Å². The van der Waals surface area contributed by atoms with Crippen molar-refractivity contribution in [1.29, 1.82) is 0 Å². The van der Waals surface area contributed by atoms with E-state index < -0.39 is 6.68 Å². The molecule has 0 saturated heterocycles. The summed E-state index contributed by atoms with van der Waals surface area (Å²) >= 11 is 4.09. The molecule has 0 fully saturated rings. The van der Waals surface area contributed by atoms with Crippen LogP contribution in [0.5, 0.6) is 0 Å². The summed E-state index contributed by atoms with van der Waals surface area (Å²) in [6.45, 7) is -3.67. The number of hydrogen-bond donors (Lipinski definition) is 2. The first kappa shape index (κ1) is 10.5. The summed E-state index contributed by atoms with van der Waals surface area (Å²) in [6, 6.07) is 0. The van der Waals surface area contributed by atoms with Crippen molar-refractivity contribution in [1.82, 2.24) is 0 Å². The molecule has 0 aliphatic heterocycles. The van der Waals surface area contributed by atoms with Crippen molar-refractivity contribution in [2.45, 2.75) is 6.68 Å². The van der Waals surface area contributed by atoms with Gasteiger partial charge in [-0.05, 0) is 12.2 Å². The van der Waals surface area contributed by atoms with Gasteiger partial charge in [-0.3, -0.25) is 0 Å². The molecule has 0 aromatic carbocycles. The molecule has 0 atom stereocenters. The number of rotatable bonds is 0. The smallest absolute Gasteiger partial charge is 0.377 e. The summed E-state index contributed by atoms with van der Waals surface area (Å²) in [5.74, 6) is 0. The maximum Gasteiger partial charge on any atom is 0.379 e. The summed E-state index contributed by atoms with van der Waals surface area (Å²) in [4.78, 5) is 0. The van der Waals surface area contributed by atoms with Gasteiger partial charge in [-0.1, -0.05) is 0 Å². The fourth-order valence-corrected chi connectivity index (χ4v) is 0. The Hall–Kier alpha value is -0.520. The van der Waals surface area contributed by atoms with Crippen LogP contribution in [0, 0.1) is 0 Å². The fraction of sp³-hybridized carbons (Fsp3) is 0.500. The number of thiocarbonyl (C=S) groups is 1. The molecular formula is C2H5F3N2S. The normalized spacial score (nSPS) is 7.50. The highest BCUT2D eigenvalue weighted by atomic mass is 32.1. The third-order valence-corrected chi connectivity index (χ3v) is 0. The van der Waals surface area contributed by atoms with Crippen LogP contribution in [0.4, 0.5) is 13.2 Å². The zero-order chi connectivity index (χ0) is 7.15. The minimum absolute atomic E-state index is 0.000000000000000222. The minimum atomic E-state index is -3.67. The van der Waals surface area contributed by atoms with Crippen LogP contribution in [-0.2, 0) is 0 Å². The quantitative estimate of drug-likeness (QED) is 0.485. The van der Waals surface area contributed by atoms with E-state index in [0.29, 0.717) is 0 Å². The molecule has 0 amide bonds. The monoisotopic (exact) mass is 146 g/mol. The van der Waals surface area contributed by atoms with Crippen LogP contribution in [0.15, 0.2) is 0 Å². The van der Waals surface area contributed by atoms with Gasteiger partial charge in [0.1, 0.15) is 0 Å². The highest BCUT2D eigenvalue weighted by Gasteiger charge is 1.86. The standard InChI is InChI=1S/CHF3.CH4N2S/c2*2-1(3)4/h1H;(H4,2,3,4). The highest BCUT2D eigenvalue weighted by Crippen LogP contribution is 1.87. The average molecular weight is 146 g/mol. The highest BCUT2D eigenvalue weighted by molar-refractivity contribution is 7.80. The molecule has 0 spiro atoms. The number of nitrogens with two attached hydrogens (primary N) is 2. The minimum Gasteiger partial charge on any atom is -0.377 e. The molecule has 0 radical (unpaired) electrons. The molecule has 0 aliphatic rings. The average Bonchev–Trinajstić information content (AvgIpc) is 1.25. The first-order valence-corrected chi connectivity index (χ1v) is 1.84. The second-order valence-corrected chi connectivity index (χ2v) is 1.12. The van der Waals surface area contributed by atoms with Gasteiger partial charge >= 0.3 is 6.68 Å². The maximum atomic E-state index is 9.67. The van der Waals surface area contributed by atoms with E-state index in [2.05, 4.69) is 23.7 Å². The van der Waals surface area contributed by atoms with Gasteiger partial charge in [0.15, 0.2) is 5.11 Å². The van der Waals surface area contributed by atoms with E-state index >= 15 is 0 Å². The van der Waals surface area contributed by atoms with Crippen LogP contribution in [0.25, 0.3) is 0 Å². The number of hydrogen-bond acceptors (Lipinski definition) is 1. The van der Waals surface area contributed by atoms with E-state index in [0.717, 1.165) is 0 Å². The summed E-state index contributed by atoms with van der Waals surface area (Å²) in [5, 5.41) is 0.000000000000000222. The van der Waals surface area contributed by atoms with E-state index in [1.54, 1.807) is 0 Å². The van der Waals surface area contributed by atoms with Crippen LogP contribution in [-0.4, -0.2) is 11.8 Å². The largest absolute Gasteiger partial charge is 0.379 e. The zero-order valence-corrected chi connectivity index (χ0v) is 4.59. The molecule has 0 aromatic rings. The van der Waals surface area contributed by atoms with Crippen LogP contribution in [0.1, 0.15) is 0 Å². The zero-order valence-electron chi connectivity index (χ0n) is 3.77. The second kappa shape index (κ2) is 6.48. The SMILES string of the molecule is FC(F)F.NC(N)=S. The Kier molecular flexibility index (Phi) is 8.47. The van der Waals surface area contributed by atoms with Crippen LogP contribution < -0.4 is 11.5 Å². The van der Waals surface area contributed by atoms with E-state index in [1.165, 1.54) is 0 Å². The third-order valence-electron chi connectivity index (χ3n) is 0. The number of halogens is 3. The van der Waals surface area contributed by atoms with Gasteiger partial charge in [0.05, 0.1) is 0 Å². The third kappa shape index (κ3) is 407. The van der Waals surface area contributed by atoms with Crippen molar-refractivity contribution in [3.63, 3.8) is 0 Å². The predicted molar refractivity (Wildman–Crippen MR) is 28.1 cm³/mol. The Bertz CT molecular complexity index is 59.5. The molecule has 0 saturated carbocycles. The maximum absolute atomic E-state index is 9.67. The van der Waals surface area contributed by atoms with Gasteiger partial charge in [-0.2, -0.15) is 13.2 Å². The van der Waals surface area contributed by atoms with Crippen molar-refractivity contribution in [3.05, 3.63) is 0 Å². The lowest BCUT2D eigenvalue weighted by Crippen LogP contribution is -2.18. The molecule has 6 heteroatoms.